The Labute approximate surface area is 287 Å². The highest BCUT2D eigenvalue weighted by molar-refractivity contribution is 6.30. The van der Waals surface area contributed by atoms with Crippen molar-refractivity contribution in [1.29, 1.82) is 0 Å². The molecule has 0 amide bonds. The second-order valence-corrected chi connectivity index (χ2v) is 13.9. The van der Waals surface area contributed by atoms with Crippen molar-refractivity contribution in [2.45, 2.75) is 50.6 Å². The summed E-state index contributed by atoms with van der Waals surface area (Å²) in [5, 5.41) is 21.8. The number of aromatic nitrogens is 3. The number of rotatable bonds is 8. The van der Waals surface area contributed by atoms with Crippen molar-refractivity contribution in [2.24, 2.45) is 10.6 Å². The van der Waals surface area contributed by atoms with E-state index in [2.05, 4.69) is 41.5 Å². The van der Waals surface area contributed by atoms with Crippen LogP contribution in [0.3, 0.4) is 0 Å². The number of nitrogens with zero attached hydrogens (tertiary/aromatic N) is 6. The number of hydrogen-bond acceptors (Lipinski definition) is 10. The molecule has 2 unspecified atom stereocenters. The van der Waals surface area contributed by atoms with Crippen LogP contribution in [0.15, 0.2) is 35.6 Å². The molecule has 2 aromatic heterocycles. The smallest absolute Gasteiger partial charge is 0.319 e. The van der Waals surface area contributed by atoms with Gasteiger partial charge in [0.2, 0.25) is 0 Å². The molecule has 5 heterocycles. The number of hydrogen-bond donors (Lipinski definition) is 2. The van der Waals surface area contributed by atoms with Gasteiger partial charge in [0.1, 0.15) is 35.7 Å². The summed E-state index contributed by atoms with van der Waals surface area (Å²) in [4.78, 5) is 23.6. The minimum atomic E-state index is -0.729. The largest absolute Gasteiger partial charge is 0.508 e. The third-order valence-electron chi connectivity index (χ3n) is 10.3. The third kappa shape index (κ3) is 6.20. The van der Waals surface area contributed by atoms with E-state index in [1.807, 2.05) is 0 Å². The Balaban J connectivity index is 1.17. The molecular weight excluding hydrogens is 652 g/mol. The first-order chi connectivity index (χ1) is 23.8. The lowest BCUT2D eigenvalue weighted by molar-refractivity contribution is 0.151. The van der Waals surface area contributed by atoms with Crippen LogP contribution in [0, 0.1) is 28.3 Å². The molecule has 1 saturated carbocycles. The fourth-order valence-electron chi connectivity index (χ4n) is 7.67. The molecule has 2 aromatic carbocycles. The maximum Gasteiger partial charge on any atom is 0.319 e. The van der Waals surface area contributed by atoms with E-state index < -0.39 is 11.6 Å². The van der Waals surface area contributed by atoms with Gasteiger partial charge in [-0.1, -0.05) is 11.2 Å². The quantitative estimate of drug-likeness (QED) is 0.182. The van der Waals surface area contributed by atoms with E-state index in [1.165, 1.54) is 24.3 Å². The number of phenols is 1. The molecule has 8 rings (SSSR count). The van der Waals surface area contributed by atoms with E-state index >= 15 is 8.78 Å². The lowest BCUT2D eigenvalue weighted by Crippen LogP contribution is -2.51. The molecule has 3 saturated heterocycles. The first kappa shape index (κ1) is 31.9. The van der Waals surface area contributed by atoms with Crippen LogP contribution in [-0.2, 0) is 4.84 Å². The molecule has 2 bridgehead atoms. The van der Waals surface area contributed by atoms with Crippen molar-refractivity contribution in [1.82, 2.24) is 25.2 Å². The fourth-order valence-corrected chi connectivity index (χ4v) is 7.77. The van der Waals surface area contributed by atoms with E-state index in [1.54, 1.807) is 13.3 Å². The van der Waals surface area contributed by atoms with Gasteiger partial charge in [-0.25, -0.2) is 8.78 Å². The minimum Gasteiger partial charge on any atom is -0.508 e. The number of fused-ring (bicyclic) bond motifs is 4. The number of ether oxygens (including phenoxy) is 1. The zero-order chi connectivity index (χ0) is 33.7. The molecule has 0 radical (unpaired) electrons. The van der Waals surface area contributed by atoms with Gasteiger partial charge in [-0.15, -0.1) is 0 Å². The van der Waals surface area contributed by atoms with Gasteiger partial charge < -0.3 is 29.8 Å². The van der Waals surface area contributed by atoms with E-state index in [9.17, 15) is 5.11 Å². The summed E-state index contributed by atoms with van der Waals surface area (Å²) in [5.41, 5.74) is 1.16. The molecule has 13 heteroatoms. The van der Waals surface area contributed by atoms with Gasteiger partial charge in [0.15, 0.2) is 5.82 Å². The number of piperazine rings is 1. The number of halogens is 3. The Hall–Kier alpha value is -4.31. The number of aromatic hydroxyl groups is 1. The molecule has 4 aliphatic rings. The Bertz CT molecular complexity index is 2020. The zero-order valence-electron chi connectivity index (χ0n) is 27.1. The normalized spacial score (nSPS) is 21.5. The highest BCUT2D eigenvalue weighted by Gasteiger charge is 2.45. The maximum absolute atomic E-state index is 16.9. The predicted molar refractivity (Wildman–Crippen MR) is 184 cm³/mol. The molecule has 1 aliphatic carbocycles. The number of anilines is 1. The van der Waals surface area contributed by atoms with Crippen molar-refractivity contribution in [3.63, 3.8) is 0 Å². The van der Waals surface area contributed by atoms with Crippen LogP contribution >= 0.6 is 11.6 Å². The molecule has 4 fully saturated rings. The Morgan fingerprint density at radius 2 is 1.90 bits per heavy atom. The molecule has 49 heavy (non-hydrogen) atoms. The molecule has 0 spiro atoms. The molecule has 2 N–H and O–H groups in total. The number of nitrogens with one attached hydrogen (secondary N) is 1. The summed E-state index contributed by atoms with van der Waals surface area (Å²) < 4.78 is 38.3. The second kappa shape index (κ2) is 12.9. The SMILES string of the molecule is CON=C1CCN(CC2(COc3nc(N4CC5CCC(C4)N5)c4cnc(-c5cc(O)cc6ccc(F)c(C#CCl)c56)c(F)c4n3)CC2)CC1. The number of piperidine rings is 1. The number of oxime groups is 1. The molecule has 254 valence electrons. The number of likely N-dealkylation sites (tertiary alicyclic amines) is 1. The van der Waals surface area contributed by atoms with Crippen LogP contribution in [0.1, 0.15) is 44.1 Å². The molecule has 3 aliphatic heterocycles. The number of phenolic OH excluding ortho intramolecular Hbond substituents is 1. The Morgan fingerprint density at radius 1 is 1.12 bits per heavy atom. The van der Waals surface area contributed by atoms with Gasteiger partial charge >= 0.3 is 6.01 Å². The van der Waals surface area contributed by atoms with Crippen LogP contribution in [0.2, 0.25) is 0 Å². The van der Waals surface area contributed by atoms with Crippen LogP contribution in [0.25, 0.3) is 32.9 Å². The Kier molecular flexibility index (Phi) is 8.38. The molecular formula is C36H36ClF2N7O3. The average Bonchev–Trinajstić information content (AvgIpc) is 3.79. The van der Waals surface area contributed by atoms with E-state index in [-0.39, 0.29) is 44.9 Å². The second-order valence-electron chi connectivity index (χ2n) is 13.7. The molecule has 2 atom stereocenters. The fraction of sp³-hybridized carbons (Fsp3) is 0.444. The summed E-state index contributed by atoms with van der Waals surface area (Å²) in [7, 11) is 1.58. The van der Waals surface area contributed by atoms with Crippen molar-refractivity contribution < 1.29 is 23.5 Å². The molecule has 4 aromatic rings. The third-order valence-corrected chi connectivity index (χ3v) is 10.4. The summed E-state index contributed by atoms with van der Waals surface area (Å²) in [5.74, 6) is 1.68. The van der Waals surface area contributed by atoms with Crippen LogP contribution in [0.5, 0.6) is 11.8 Å². The monoisotopic (exact) mass is 687 g/mol. The zero-order valence-corrected chi connectivity index (χ0v) is 27.9. The topological polar surface area (TPSA) is 108 Å². The van der Waals surface area contributed by atoms with Gasteiger partial charge in [0.25, 0.3) is 0 Å². The standard InChI is InChI=1S/C36H36ClF2N7O3/c1-48-44-22-7-12-45(13-8-22)19-36(9-10-36)20-49-35-42-33-28(34(43-35)46-17-23-3-4-24(18-46)41-23)16-40-32(31(33)39)27-15-25(47)14-21-2-5-29(38)26(6-11-37)30(21)27/h2,5,14-16,23-24,41,47H,3-4,7-10,12-13,17-20H2,1H3. The van der Waals surface area contributed by atoms with Gasteiger partial charge in [0, 0.05) is 85.6 Å². The van der Waals surface area contributed by atoms with Crippen LogP contribution < -0.4 is 15.0 Å². The highest BCUT2D eigenvalue weighted by Crippen LogP contribution is 2.47. The lowest BCUT2D eigenvalue weighted by atomic mass is 9.96. The lowest BCUT2D eigenvalue weighted by Gasteiger charge is -2.34. The predicted octanol–water partition coefficient (Wildman–Crippen LogP) is 5.57. The van der Waals surface area contributed by atoms with E-state index in [0.717, 1.165) is 77.0 Å². The molecule has 10 nitrogen and oxygen atoms in total. The summed E-state index contributed by atoms with van der Waals surface area (Å²) >= 11 is 5.70. The number of benzene rings is 2. The first-order valence-electron chi connectivity index (χ1n) is 16.7. The van der Waals surface area contributed by atoms with Crippen LogP contribution in [0.4, 0.5) is 14.6 Å². The van der Waals surface area contributed by atoms with Crippen molar-refractivity contribution in [3.8, 4) is 34.3 Å². The first-order valence-corrected chi connectivity index (χ1v) is 17.1. The Morgan fingerprint density at radius 3 is 2.61 bits per heavy atom. The van der Waals surface area contributed by atoms with Crippen LogP contribution in [-0.4, -0.2) is 89.2 Å². The van der Waals surface area contributed by atoms with E-state index in [0.29, 0.717) is 35.3 Å². The maximum atomic E-state index is 16.9. The van der Waals surface area contributed by atoms with E-state index in [4.69, 9.17) is 26.2 Å². The highest BCUT2D eigenvalue weighted by atomic mass is 35.5. The van der Waals surface area contributed by atoms with Gasteiger partial charge in [-0.3, -0.25) is 4.98 Å². The van der Waals surface area contributed by atoms with Crippen molar-refractivity contribution >= 4 is 44.8 Å². The van der Waals surface area contributed by atoms with Gasteiger partial charge in [-0.05, 0) is 66.8 Å². The van der Waals surface area contributed by atoms with Crippen molar-refractivity contribution in [3.05, 3.63) is 47.7 Å². The summed E-state index contributed by atoms with van der Waals surface area (Å²) in [6, 6.07) is 6.28. The van der Waals surface area contributed by atoms with Crippen molar-refractivity contribution in [2.75, 3.05) is 51.3 Å². The minimum absolute atomic E-state index is 0.0156. The summed E-state index contributed by atoms with van der Waals surface area (Å²) in [6.07, 6.45) is 7.51. The summed E-state index contributed by atoms with van der Waals surface area (Å²) in [6.45, 7) is 4.57. The van der Waals surface area contributed by atoms with Gasteiger partial charge in [0.05, 0.1) is 23.3 Å². The number of pyridine rings is 1. The van der Waals surface area contributed by atoms with Gasteiger partial charge in [-0.2, -0.15) is 9.97 Å². The average molecular weight is 688 g/mol.